The molecule has 0 saturated heterocycles. The lowest BCUT2D eigenvalue weighted by Crippen LogP contribution is -2.04. The van der Waals surface area contributed by atoms with Crippen LogP contribution in [0.15, 0.2) is 22.7 Å². The van der Waals surface area contributed by atoms with Crippen molar-refractivity contribution in [2.45, 2.75) is 11.8 Å². The lowest BCUT2D eigenvalue weighted by atomic mass is 10.2. The lowest BCUT2D eigenvalue weighted by Gasteiger charge is -2.10. The van der Waals surface area contributed by atoms with E-state index in [0.29, 0.717) is 18.0 Å². The average molecular weight is 338 g/mol. The van der Waals surface area contributed by atoms with Gasteiger partial charge in [-0.05, 0) is 30.7 Å². The number of alkyl halides is 1. The average Bonchev–Trinajstić information content (AvgIpc) is 2.17. The van der Waals surface area contributed by atoms with E-state index in [1.54, 1.807) is 7.11 Å². The highest BCUT2D eigenvalue weighted by molar-refractivity contribution is 9.10. The molecule has 0 aliphatic heterocycles. The molecule has 0 aromatic heterocycles. The van der Waals surface area contributed by atoms with Gasteiger partial charge in [0, 0.05) is 16.4 Å². The van der Waals surface area contributed by atoms with Crippen LogP contribution in [0.1, 0.15) is 17.3 Å². The molecular weight excluding hydrogens is 324 g/mol. The highest BCUT2D eigenvalue weighted by atomic mass is 79.9. The number of halogens is 2. The largest absolute Gasteiger partial charge is 0.491 e. The van der Waals surface area contributed by atoms with Crippen LogP contribution < -0.4 is 4.74 Å². The van der Waals surface area contributed by atoms with Gasteiger partial charge in [-0.3, -0.25) is 0 Å². The highest BCUT2D eigenvalue weighted by Crippen LogP contribution is 2.29. The molecule has 0 saturated carbocycles. The third kappa shape index (κ3) is 4.53. The lowest BCUT2D eigenvalue weighted by molar-refractivity contribution is 0.146. The zero-order valence-corrected chi connectivity index (χ0v) is 12.0. The Morgan fingerprint density at radius 2 is 2.00 bits per heavy atom. The van der Waals surface area contributed by atoms with Crippen molar-refractivity contribution in [1.82, 2.24) is 0 Å². The molecule has 0 aliphatic carbocycles. The van der Waals surface area contributed by atoms with Gasteiger partial charge in [0.2, 0.25) is 0 Å². The molecule has 0 heterocycles. The summed E-state index contributed by atoms with van der Waals surface area (Å²) in [5.74, 6) is 0.864. The second kappa shape index (κ2) is 6.51. The smallest absolute Gasteiger partial charge is 0.120 e. The van der Waals surface area contributed by atoms with Crippen molar-refractivity contribution >= 4 is 31.9 Å². The standard InChI is InChI=1S/C11H14Br2O2/c1-8(12)9-5-10(13)7-11(6-9)15-4-3-14-2/h5-8H,3-4H2,1-2H3. The van der Waals surface area contributed by atoms with Crippen molar-refractivity contribution < 1.29 is 9.47 Å². The second-order valence-corrected chi connectivity index (χ2v) is 5.47. The molecule has 0 aliphatic rings. The molecule has 1 rings (SSSR count). The van der Waals surface area contributed by atoms with Crippen LogP contribution in [0, 0.1) is 0 Å². The second-order valence-electron chi connectivity index (χ2n) is 3.18. The Balaban J connectivity index is 2.71. The summed E-state index contributed by atoms with van der Waals surface area (Å²) in [6.45, 7) is 3.26. The Bertz CT molecular complexity index is 313. The molecule has 0 bridgehead atoms. The third-order valence-electron chi connectivity index (χ3n) is 1.91. The topological polar surface area (TPSA) is 18.5 Å². The summed E-state index contributed by atoms with van der Waals surface area (Å²) in [5, 5.41) is 0. The number of hydrogen-bond acceptors (Lipinski definition) is 2. The highest BCUT2D eigenvalue weighted by Gasteiger charge is 2.04. The van der Waals surface area contributed by atoms with E-state index in [0.717, 1.165) is 10.2 Å². The molecule has 0 radical (unpaired) electrons. The minimum Gasteiger partial charge on any atom is -0.491 e. The van der Waals surface area contributed by atoms with Crippen molar-refractivity contribution in [1.29, 1.82) is 0 Å². The van der Waals surface area contributed by atoms with Crippen molar-refractivity contribution in [2.24, 2.45) is 0 Å². The molecule has 1 aromatic carbocycles. The van der Waals surface area contributed by atoms with Gasteiger partial charge in [-0.1, -0.05) is 31.9 Å². The molecule has 84 valence electrons. The van der Waals surface area contributed by atoms with Gasteiger partial charge in [0.15, 0.2) is 0 Å². The van der Waals surface area contributed by atoms with Gasteiger partial charge in [-0.2, -0.15) is 0 Å². The zero-order valence-electron chi connectivity index (χ0n) is 8.80. The van der Waals surface area contributed by atoms with E-state index in [1.165, 1.54) is 5.56 Å². The van der Waals surface area contributed by atoms with Crippen LogP contribution in [0.25, 0.3) is 0 Å². The Morgan fingerprint density at radius 1 is 1.27 bits per heavy atom. The normalized spacial score (nSPS) is 12.5. The maximum atomic E-state index is 5.54. The number of ether oxygens (including phenoxy) is 2. The van der Waals surface area contributed by atoms with E-state index >= 15 is 0 Å². The van der Waals surface area contributed by atoms with Crippen molar-refractivity contribution in [3.05, 3.63) is 28.2 Å². The van der Waals surface area contributed by atoms with E-state index in [4.69, 9.17) is 9.47 Å². The van der Waals surface area contributed by atoms with Gasteiger partial charge >= 0.3 is 0 Å². The molecule has 0 spiro atoms. The van der Waals surface area contributed by atoms with E-state index in [9.17, 15) is 0 Å². The minimum absolute atomic E-state index is 0.319. The van der Waals surface area contributed by atoms with Crippen LogP contribution >= 0.6 is 31.9 Å². The molecule has 0 N–H and O–H groups in total. The maximum absolute atomic E-state index is 5.54. The fourth-order valence-electron chi connectivity index (χ4n) is 1.14. The summed E-state index contributed by atoms with van der Waals surface area (Å²) in [7, 11) is 1.66. The SMILES string of the molecule is COCCOc1cc(Br)cc(C(C)Br)c1. The fourth-order valence-corrected chi connectivity index (χ4v) is 1.89. The first-order valence-electron chi connectivity index (χ1n) is 4.69. The number of hydrogen-bond donors (Lipinski definition) is 0. The van der Waals surface area contributed by atoms with Gasteiger partial charge in [-0.15, -0.1) is 0 Å². The van der Waals surface area contributed by atoms with Crippen LogP contribution in [0.3, 0.4) is 0 Å². The quantitative estimate of drug-likeness (QED) is 0.598. The minimum atomic E-state index is 0.319. The summed E-state index contributed by atoms with van der Waals surface area (Å²) >= 11 is 6.99. The molecule has 4 heteroatoms. The van der Waals surface area contributed by atoms with Crippen LogP contribution in [0.4, 0.5) is 0 Å². The molecule has 15 heavy (non-hydrogen) atoms. The summed E-state index contributed by atoms with van der Waals surface area (Å²) in [5.41, 5.74) is 1.19. The monoisotopic (exact) mass is 336 g/mol. The molecule has 1 atom stereocenters. The molecule has 2 nitrogen and oxygen atoms in total. The summed E-state index contributed by atoms with van der Waals surface area (Å²) in [6, 6.07) is 6.05. The molecular formula is C11H14Br2O2. The van der Waals surface area contributed by atoms with Crippen molar-refractivity contribution in [2.75, 3.05) is 20.3 Å². The van der Waals surface area contributed by atoms with Gasteiger partial charge in [0.1, 0.15) is 12.4 Å². The first kappa shape index (κ1) is 13.0. The molecule has 1 unspecified atom stereocenters. The van der Waals surface area contributed by atoms with Crippen molar-refractivity contribution in [3.8, 4) is 5.75 Å². The summed E-state index contributed by atoms with van der Waals surface area (Å²) < 4.78 is 11.5. The molecule has 1 aromatic rings. The Labute approximate surface area is 107 Å². The van der Waals surface area contributed by atoms with E-state index in [1.807, 2.05) is 12.1 Å². The van der Waals surface area contributed by atoms with Gasteiger partial charge in [0.05, 0.1) is 6.61 Å². The van der Waals surface area contributed by atoms with Gasteiger partial charge < -0.3 is 9.47 Å². The summed E-state index contributed by atoms with van der Waals surface area (Å²) in [4.78, 5) is 0.319. The Morgan fingerprint density at radius 3 is 2.60 bits per heavy atom. The number of rotatable bonds is 5. The van der Waals surface area contributed by atoms with Crippen LogP contribution in [0.2, 0.25) is 0 Å². The fraction of sp³-hybridized carbons (Fsp3) is 0.455. The van der Waals surface area contributed by atoms with Crippen LogP contribution in [0.5, 0.6) is 5.75 Å². The summed E-state index contributed by atoms with van der Waals surface area (Å²) in [6.07, 6.45) is 0. The number of benzene rings is 1. The first-order chi connectivity index (χ1) is 7.13. The molecule has 0 fully saturated rings. The van der Waals surface area contributed by atoms with Gasteiger partial charge in [0.25, 0.3) is 0 Å². The van der Waals surface area contributed by atoms with Crippen molar-refractivity contribution in [3.63, 3.8) is 0 Å². The van der Waals surface area contributed by atoms with E-state index < -0.39 is 0 Å². The first-order valence-corrected chi connectivity index (χ1v) is 6.40. The predicted molar refractivity (Wildman–Crippen MR) is 68.9 cm³/mol. The Hall–Kier alpha value is -0.0600. The van der Waals surface area contributed by atoms with Crippen LogP contribution in [-0.4, -0.2) is 20.3 Å². The zero-order chi connectivity index (χ0) is 11.3. The van der Waals surface area contributed by atoms with Gasteiger partial charge in [-0.25, -0.2) is 0 Å². The van der Waals surface area contributed by atoms with Crippen LogP contribution in [-0.2, 0) is 4.74 Å². The molecule has 0 amide bonds. The predicted octanol–water partition coefficient (Wildman–Crippen LogP) is 3.93. The number of methoxy groups -OCH3 is 1. The van der Waals surface area contributed by atoms with E-state index in [2.05, 4.69) is 44.8 Å². The third-order valence-corrected chi connectivity index (χ3v) is 2.90. The maximum Gasteiger partial charge on any atom is 0.120 e. The Kier molecular flexibility index (Phi) is 5.64. The van der Waals surface area contributed by atoms with E-state index in [-0.39, 0.29) is 0 Å².